The molecular weight excluding hydrogens is 317 g/mol. The molecule has 0 spiro atoms. The Morgan fingerprint density at radius 1 is 1.33 bits per heavy atom. The van der Waals surface area contributed by atoms with Crippen molar-refractivity contribution < 1.29 is 18.8 Å². The molecule has 0 saturated carbocycles. The van der Waals surface area contributed by atoms with Crippen LogP contribution in [-0.2, 0) is 4.79 Å². The number of hydrogen-bond donors (Lipinski definition) is 1. The highest BCUT2D eigenvalue weighted by Gasteiger charge is 2.31. The molecule has 1 amide bonds. The first-order chi connectivity index (χ1) is 11.5. The number of halogens is 1. The molecule has 2 atom stereocenters. The van der Waals surface area contributed by atoms with Crippen LogP contribution in [0.3, 0.4) is 0 Å². The van der Waals surface area contributed by atoms with Gasteiger partial charge >= 0.3 is 5.69 Å². The summed E-state index contributed by atoms with van der Waals surface area (Å²) in [6.45, 7) is 3.26. The summed E-state index contributed by atoms with van der Waals surface area (Å²) in [6, 6.07) is 3.27. The highest BCUT2D eigenvalue weighted by molar-refractivity contribution is 5.77. The number of amides is 1. The first kappa shape index (κ1) is 16.6. The lowest BCUT2D eigenvalue weighted by Crippen LogP contribution is -2.36. The fraction of sp³-hybridized carbons (Fsp3) is 0.562. The number of rotatable bonds is 4. The molecular formula is C16H20FN3O4. The standard InChI is InChI=1S/C16H20FN3O4/c17-14-7-13(1-2-15(14)20(22)23)24-10-16(21)19-5-3-11-8-18-9-12(11)4-6-19/h1-2,7,11-12,18H,3-6,8-10H2/t11-,12+. The topological polar surface area (TPSA) is 84.7 Å². The molecule has 24 heavy (non-hydrogen) atoms. The lowest BCUT2D eigenvalue weighted by molar-refractivity contribution is -0.387. The lowest BCUT2D eigenvalue weighted by Gasteiger charge is -2.21. The fourth-order valence-electron chi connectivity index (χ4n) is 3.43. The molecule has 2 saturated heterocycles. The van der Waals surface area contributed by atoms with Gasteiger partial charge in [-0.05, 0) is 43.8 Å². The molecule has 3 rings (SSSR count). The van der Waals surface area contributed by atoms with Gasteiger partial charge in [-0.25, -0.2) is 0 Å². The quantitative estimate of drug-likeness (QED) is 0.666. The molecule has 2 heterocycles. The van der Waals surface area contributed by atoms with Gasteiger partial charge in [0.2, 0.25) is 5.82 Å². The molecule has 1 N–H and O–H groups in total. The van der Waals surface area contributed by atoms with Crippen LogP contribution in [0.15, 0.2) is 18.2 Å². The van der Waals surface area contributed by atoms with Gasteiger partial charge in [-0.1, -0.05) is 0 Å². The van der Waals surface area contributed by atoms with Crippen LogP contribution < -0.4 is 10.1 Å². The Hall–Kier alpha value is -2.22. The van der Waals surface area contributed by atoms with Crippen molar-refractivity contribution in [2.45, 2.75) is 12.8 Å². The van der Waals surface area contributed by atoms with E-state index in [1.165, 1.54) is 6.07 Å². The van der Waals surface area contributed by atoms with Gasteiger partial charge < -0.3 is 15.0 Å². The average Bonchev–Trinajstić information content (AvgIpc) is 2.91. The highest BCUT2D eigenvalue weighted by Crippen LogP contribution is 2.27. The summed E-state index contributed by atoms with van der Waals surface area (Å²) in [5.41, 5.74) is -0.610. The maximum Gasteiger partial charge on any atom is 0.305 e. The monoisotopic (exact) mass is 337 g/mol. The molecule has 130 valence electrons. The maximum atomic E-state index is 13.5. The summed E-state index contributed by atoms with van der Waals surface area (Å²) >= 11 is 0. The van der Waals surface area contributed by atoms with Crippen molar-refractivity contribution in [2.24, 2.45) is 11.8 Å². The van der Waals surface area contributed by atoms with Gasteiger partial charge in [-0.3, -0.25) is 14.9 Å². The first-order valence-corrected chi connectivity index (χ1v) is 8.10. The number of likely N-dealkylation sites (tertiary alicyclic amines) is 1. The van der Waals surface area contributed by atoms with E-state index in [-0.39, 0.29) is 18.3 Å². The molecule has 0 aliphatic carbocycles. The third-order valence-corrected chi connectivity index (χ3v) is 4.85. The van der Waals surface area contributed by atoms with E-state index in [1.54, 1.807) is 4.90 Å². The first-order valence-electron chi connectivity index (χ1n) is 8.10. The molecule has 1 aromatic carbocycles. The van der Waals surface area contributed by atoms with Crippen LogP contribution in [0.2, 0.25) is 0 Å². The van der Waals surface area contributed by atoms with Crippen LogP contribution in [0.5, 0.6) is 5.75 Å². The number of nitro benzene ring substituents is 1. The molecule has 0 radical (unpaired) electrons. The third kappa shape index (κ3) is 3.64. The zero-order chi connectivity index (χ0) is 17.1. The van der Waals surface area contributed by atoms with E-state index in [0.29, 0.717) is 24.9 Å². The predicted molar refractivity (Wildman–Crippen MR) is 84.2 cm³/mol. The van der Waals surface area contributed by atoms with E-state index < -0.39 is 16.4 Å². The number of benzene rings is 1. The van der Waals surface area contributed by atoms with Gasteiger partial charge in [0.15, 0.2) is 6.61 Å². The zero-order valence-electron chi connectivity index (χ0n) is 13.2. The van der Waals surface area contributed by atoms with Crippen LogP contribution in [0.25, 0.3) is 0 Å². The van der Waals surface area contributed by atoms with Gasteiger partial charge in [0, 0.05) is 25.2 Å². The summed E-state index contributed by atoms with van der Waals surface area (Å²) in [5, 5.41) is 14.0. The Balaban J connectivity index is 1.53. The van der Waals surface area contributed by atoms with Crippen molar-refractivity contribution in [3.8, 4) is 5.75 Å². The second kappa shape index (κ2) is 7.12. The molecule has 0 bridgehead atoms. The normalized spacial score (nSPS) is 23.5. The van der Waals surface area contributed by atoms with E-state index in [0.717, 1.165) is 38.1 Å². The summed E-state index contributed by atoms with van der Waals surface area (Å²) < 4.78 is 18.8. The summed E-state index contributed by atoms with van der Waals surface area (Å²) in [4.78, 5) is 23.9. The highest BCUT2D eigenvalue weighted by atomic mass is 19.1. The number of hydrogen-bond acceptors (Lipinski definition) is 5. The lowest BCUT2D eigenvalue weighted by atomic mass is 9.92. The van der Waals surface area contributed by atoms with E-state index in [9.17, 15) is 19.3 Å². The minimum atomic E-state index is -0.972. The molecule has 8 heteroatoms. The predicted octanol–water partition coefficient (Wildman–Crippen LogP) is 1.57. The van der Waals surface area contributed by atoms with Gasteiger partial charge in [-0.15, -0.1) is 0 Å². The van der Waals surface area contributed by atoms with Crippen LogP contribution in [0.4, 0.5) is 10.1 Å². The van der Waals surface area contributed by atoms with Gasteiger partial charge in [0.25, 0.3) is 5.91 Å². The van der Waals surface area contributed by atoms with E-state index in [1.807, 2.05) is 0 Å². The summed E-state index contributed by atoms with van der Waals surface area (Å²) in [5.74, 6) is 0.268. The Morgan fingerprint density at radius 3 is 2.58 bits per heavy atom. The molecule has 0 unspecified atom stereocenters. The number of carbonyl (C=O) groups is 1. The van der Waals surface area contributed by atoms with Gasteiger partial charge in [0.05, 0.1) is 4.92 Å². The molecule has 1 aromatic rings. The molecule has 2 aliphatic rings. The summed E-state index contributed by atoms with van der Waals surface area (Å²) in [7, 11) is 0. The molecule has 2 aliphatic heterocycles. The van der Waals surface area contributed by atoms with Crippen molar-refractivity contribution in [3.63, 3.8) is 0 Å². The van der Waals surface area contributed by atoms with E-state index in [4.69, 9.17) is 4.74 Å². The van der Waals surface area contributed by atoms with Gasteiger partial charge in [0.1, 0.15) is 5.75 Å². The second-order valence-electron chi connectivity index (χ2n) is 6.30. The number of nitrogens with zero attached hydrogens (tertiary/aromatic N) is 2. The third-order valence-electron chi connectivity index (χ3n) is 4.85. The number of fused-ring (bicyclic) bond motifs is 1. The van der Waals surface area contributed by atoms with Crippen molar-refractivity contribution >= 4 is 11.6 Å². The largest absolute Gasteiger partial charge is 0.484 e. The van der Waals surface area contributed by atoms with Crippen LogP contribution in [0.1, 0.15) is 12.8 Å². The maximum absolute atomic E-state index is 13.5. The smallest absolute Gasteiger partial charge is 0.305 e. The number of carbonyl (C=O) groups excluding carboxylic acids is 1. The summed E-state index contributed by atoms with van der Waals surface area (Å²) in [6.07, 6.45) is 1.96. The second-order valence-corrected chi connectivity index (χ2v) is 6.30. The van der Waals surface area contributed by atoms with E-state index >= 15 is 0 Å². The minimum absolute atomic E-state index is 0.113. The van der Waals surface area contributed by atoms with Crippen LogP contribution >= 0.6 is 0 Å². The minimum Gasteiger partial charge on any atom is -0.484 e. The fourth-order valence-corrected chi connectivity index (χ4v) is 3.43. The Labute approximate surface area is 138 Å². The Bertz CT molecular complexity index is 626. The molecule has 7 nitrogen and oxygen atoms in total. The van der Waals surface area contributed by atoms with Crippen molar-refractivity contribution in [1.82, 2.24) is 10.2 Å². The van der Waals surface area contributed by atoms with Gasteiger partial charge in [-0.2, -0.15) is 4.39 Å². The zero-order valence-corrected chi connectivity index (χ0v) is 13.2. The van der Waals surface area contributed by atoms with Crippen LogP contribution in [0, 0.1) is 27.8 Å². The number of nitro groups is 1. The number of ether oxygens (including phenoxy) is 1. The van der Waals surface area contributed by atoms with Crippen LogP contribution in [-0.4, -0.2) is 48.5 Å². The SMILES string of the molecule is O=C(COc1ccc([N+](=O)[O-])c(F)c1)N1CC[C@@H]2CNC[C@@H]2CC1. The van der Waals surface area contributed by atoms with Crippen molar-refractivity contribution in [2.75, 3.05) is 32.8 Å². The average molecular weight is 337 g/mol. The Morgan fingerprint density at radius 2 is 2.00 bits per heavy atom. The van der Waals surface area contributed by atoms with Crippen molar-refractivity contribution in [3.05, 3.63) is 34.1 Å². The molecule has 2 fully saturated rings. The Kier molecular flexibility index (Phi) is 4.94. The number of nitrogens with one attached hydrogen (secondary N) is 1. The molecule has 0 aromatic heterocycles. The van der Waals surface area contributed by atoms with Crippen molar-refractivity contribution in [1.29, 1.82) is 0 Å². The van der Waals surface area contributed by atoms with E-state index in [2.05, 4.69) is 5.32 Å².